The van der Waals surface area contributed by atoms with Gasteiger partial charge in [0.25, 0.3) is 0 Å². The van der Waals surface area contributed by atoms with Gasteiger partial charge in [-0.1, -0.05) is 30.3 Å². The van der Waals surface area contributed by atoms with E-state index in [4.69, 9.17) is 5.41 Å². The molecule has 0 amide bonds. The summed E-state index contributed by atoms with van der Waals surface area (Å²) in [4.78, 5) is 0. The molecule has 0 unspecified atom stereocenters. The summed E-state index contributed by atoms with van der Waals surface area (Å²) >= 11 is 1.89. The van der Waals surface area contributed by atoms with Crippen LogP contribution in [-0.2, 0) is 5.75 Å². The van der Waals surface area contributed by atoms with Gasteiger partial charge in [-0.15, -0.1) is 0 Å². The summed E-state index contributed by atoms with van der Waals surface area (Å²) in [5.74, 6) is 2.12. The van der Waals surface area contributed by atoms with Crippen molar-refractivity contribution in [2.75, 3.05) is 5.75 Å². The Kier molecular flexibility index (Phi) is 4.61. The smallest absolute Gasteiger partial charge is 0.0184 e. The lowest BCUT2D eigenvalue weighted by Crippen LogP contribution is -1.91. The Labute approximate surface area is 84.1 Å². The first kappa shape index (κ1) is 10.3. The summed E-state index contributed by atoms with van der Waals surface area (Å²) in [6.07, 6.45) is 0.914. The minimum atomic E-state index is 0.778. The van der Waals surface area contributed by atoms with E-state index in [2.05, 4.69) is 24.3 Å². The zero-order chi connectivity index (χ0) is 9.52. The van der Waals surface area contributed by atoms with Crippen LogP contribution in [0.5, 0.6) is 0 Å². The highest BCUT2D eigenvalue weighted by Crippen LogP contribution is 2.12. The minimum Gasteiger partial charge on any atom is -0.310 e. The van der Waals surface area contributed by atoms with Gasteiger partial charge in [0.15, 0.2) is 0 Å². The van der Waals surface area contributed by atoms with Crippen LogP contribution in [0.1, 0.15) is 18.9 Å². The molecule has 0 bridgehead atoms. The molecular weight excluding hydrogens is 178 g/mol. The van der Waals surface area contributed by atoms with Crippen molar-refractivity contribution in [2.24, 2.45) is 0 Å². The average molecular weight is 193 g/mol. The molecule has 1 aromatic rings. The van der Waals surface area contributed by atoms with E-state index in [9.17, 15) is 0 Å². The highest BCUT2D eigenvalue weighted by atomic mass is 32.2. The Balaban J connectivity index is 2.17. The van der Waals surface area contributed by atoms with Gasteiger partial charge < -0.3 is 5.41 Å². The van der Waals surface area contributed by atoms with Crippen LogP contribution >= 0.6 is 11.8 Å². The van der Waals surface area contributed by atoms with Gasteiger partial charge in [-0.2, -0.15) is 11.8 Å². The second-order valence-corrected chi connectivity index (χ2v) is 4.17. The van der Waals surface area contributed by atoms with Crippen molar-refractivity contribution in [2.45, 2.75) is 19.1 Å². The molecule has 0 saturated carbocycles. The van der Waals surface area contributed by atoms with Crippen molar-refractivity contribution in [3.8, 4) is 0 Å². The second-order valence-electron chi connectivity index (χ2n) is 3.07. The van der Waals surface area contributed by atoms with Crippen LogP contribution in [0.2, 0.25) is 0 Å². The van der Waals surface area contributed by atoms with E-state index < -0.39 is 0 Å². The molecular formula is C11H15NS. The summed E-state index contributed by atoms with van der Waals surface area (Å²) in [6.45, 7) is 1.86. The Morgan fingerprint density at radius 1 is 1.31 bits per heavy atom. The largest absolute Gasteiger partial charge is 0.310 e. The molecule has 0 saturated heterocycles. The lowest BCUT2D eigenvalue weighted by atomic mass is 10.2. The molecule has 70 valence electrons. The molecule has 2 heteroatoms. The van der Waals surface area contributed by atoms with E-state index in [-0.39, 0.29) is 0 Å². The van der Waals surface area contributed by atoms with Gasteiger partial charge in [0.05, 0.1) is 0 Å². The fourth-order valence-electron chi connectivity index (χ4n) is 0.990. The van der Waals surface area contributed by atoms with E-state index in [1.54, 1.807) is 0 Å². The molecule has 0 heterocycles. The SMILES string of the molecule is CC(=N)CCSCc1ccccc1. The first-order chi connectivity index (χ1) is 6.29. The molecule has 0 aliphatic carbocycles. The van der Waals surface area contributed by atoms with Crippen molar-refractivity contribution < 1.29 is 0 Å². The van der Waals surface area contributed by atoms with E-state index in [0.29, 0.717) is 0 Å². The topological polar surface area (TPSA) is 23.9 Å². The summed E-state index contributed by atoms with van der Waals surface area (Å²) < 4.78 is 0. The lowest BCUT2D eigenvalue weighted by Gasteiger charge is -2.00. The van der Waals surface area contributed by atoms with Crippen LogP contribution in [0.3, 0.4) is 0 Å². The fraction of sp³-hybridized carbons (Fsp3) is 0.364. The number of hydrogen-bond acceptors (Lipinski definition) is 2. The third kappa shape index (κ3) is 4.73. The average Bonchev–Trinajstić information content (AvgIpc) is 2.14. The van der Waals surface area contributed by atoms with Gasteiger partial charge in [-0.05, 0) is 24.7 Å². The van der Waals surface area contributed by atoms with Crippen LogP contribution in [0.4, 0.5) is 0 Å². The zero-order valence-electron chi connectivity index (χ0n) is 7.92. The maximum Gasteiger partial charge on any atom is 0.0184 e. The van der Waals surface area contributed by atoms with Crippen molar-refractivity contribution in [1.29, 1.82) is 5.41 Å². The number of hydrogen-bond donors (Lipinski definition) is 1. The van der Waals surface area contributed by atoms with Crippen LogP contribution < -0.4 is 0 Å². The van der Waals surface area contributed by atoms with Gasteiger partial charge in [0.1, 0.15) is 0 Å². The van der Waals surface area contributed by atoms with Crippen molar-refractivity contribution in [3.63, 3.8) is 0 Å². The van der Waals surface area contributed by atoms with Gasteiger partial charge >= 0.3 is 0 Å². The number of thioether (sulfide) groups is 1. The predicted octanol–water partition coefficient (Wildman–Crippen LogP) is 3.35. The Hall–Kier alpha value is -0.760. The van der Waals surface area contributed by atoms with Gasteiger partial charge in [0.2, 0.25) is 0 Å². The van der Waals surface area contributed by atoms with Crippen LogP contribution in [0.15, 0.2) is 30.3 Å². The first-order valence-corrected chi connectivity index (χ1v) is 5.60. The lowest BCUT2D eigenvalue weighted by molar-refractivity contribution is 1.24. The maximum atomic E-state index is 7.26. The molecule has 0 aliphatic heterocycles. The van der Waals surface area contributed by atoms with E-state index in [0.717, 1.165) is 23.6 Å². The van der Waals surface area contributed by atoms with E-state index in [1.807, 2.05) is 24.8 Å². The molecule has 13 heavy (non-hydrogen) atoms. The van der Waals surface area contributed by atoms with E-state index >= 15 is 0 Å². The monoisotopic (exact) mass is 193 g/mol. The number of nitrogens with one attached hydrogen (secondary N) is 1. The highest BCUT2D eigenvalue weighted by molar-refractivity contribution is 7.98. The van der Waals surface area contributed by atoms with Crippen molar-refractivity contribution >= 4 is 17.5 Å². The third-order valence-corrected chi connectivity index (χ3v) is 2.76. The molecule has 0 fully saturated rings. The predicted molar refractivity (Wildman–Crippen MR) is 60.6 cm³/mol. The molecule has 1 rings (SSSR count). The summed E-state index contributed by atoms with van der Waals surface area (Å²) in [5, 5.41) is 7.26. The van der Waals surface area contributed by atoms with Gasteiger partial charge in [-0.25, -0.2) is 0 Å². The molecule has 1 N–H and O–H groups in total. The molecule has 0 aromatic heterocycles. The van der Waals surface area contributed by atoms with Crippen molar-refractivity contribution in [1.82, 2.24) is 0 Å². The summed E-state index contributed by atoms with van der Waals surface area (Å²) in [7, 11) is 0. The Morgan fingerprint density at radius 3 is 2.62 bits per heavy atom. The third-order valence-electron chi connectivity index (χ3n) is 1.73. The molecule has 0 spiro atoms. The fourth-order valence-corrected chi connectivity index (χ4v) is 2.01. The standard InChI is InChI=1S/C11H15NS/c1-10(12)7-8-13-9-11-5-3-2-4-6-11/h2-6,12H,7-9H2,1H3. The van der Waals surface area contributed by atoms with Crippen molar-refractivity contribution in [3.05, 3.63) is 35.9 Å². The van der Waals surface area contributed by atoms with Gasteiger partial charge in [0, 0.05) is 11.5 Å². The number of rotatable bonds is 5. The first-order valence-electron chi connectivity index (χ1n) is 4.45. The van der Waals surface area contributed by atoms with Crippen LogP contribution in [-0.4, -0.2) is 11.5 Å². The van der Waals surface area contributed by atoms with E-state index in [1.165, 1.54) is 5.56 Å². The second kappa shape index (κ2) is 5.81. The molecule has 0 atom stereocenters. The maximum absolute atomic E-state index is 7.26. The highest BCUT2D eigenvalue weighted by Gasteiger charge is 1.93. The minimum absolute atomic E-state index is 0.778. The Morgan fingerprint density at radius 2 is 2.00 bits per heavy atom. The van der Waals surface area contributed by atoms with Crippen LogP contribution in [0.25, 0.3) is 0 Å². The summed E-state index contributed by atoms with van der Waals surface area (Å²) in [5.41, 5.74) is 2.15. The Bertz CT molecular complexity index is 256. The summed E-state index contributed by atoms with van der Waals surface area (Å²) in [6, 6.07) is 10.5. The molecule has 0 aliphatic rings. The number of benzene rings is 1. The normalized spacial score (nSPS) is 9.92. The van der Waals surface area contributed by atoms with Crippen LogP contribution in [0, 0.1) is 5.41 Å². The molecule has 1 nitrogen and oxygen atoms in total. The molecule has 0 radical (unpaired) electrons. The molecule has 1 aromatic carbocycles. The zero-order valence-corrected chi connectivity index (χ0v) is 8.73. The quantitative estimate of drug-likeness (QED) is 0.562. The van der Waals surface area contributed by atoms with Gasteiger partial charge in [-0.3, -0.25) is 0 Å².